The van der Waals surface area contributed by atoms with Gasteiger partial charge in [-0.25, -0.2) is 0 Å². The molecule has 0 aliphatic heterocycles. The van der Waals surface area contributed by atoms with Gasteiger partial charge in [-0.2, -0.15) is 10.1 Å². The Balaban J connectivity index is 1.58. The normalized spacial score (nSPS) is 14.2. The summed E-state index contributed by atoms with van der Waals surface area (Å²) in [6.07, 6.45) is 5.30. The van der Waals surface area contributed by atoms with E-state index in [1.165, 1.54) is 0 Å². The van der Waals surface area contributed by atoms with E-state index in [4.69, 9.17) is 8.94 Å². The molecule has 3 heterocycles. The molecule has 0 aromatic carbocycles. The maximum absolute atomic E-state index is 5.23. The van der Waals surface area contributed by atoms with Gasteiger partial charge < -0.3 is 14.3 Å². The van der Waals surface area contributed by atoms with Crippen molar-refractivity contribution in [3.63, 3.8) is 0 Å². The molecule has 7 nitrogen and oxygen atoms in total. The largest absolute Gasteiger partial charge is 0.461 e. The molecule has 3 aromatic rings. The summed E-state index contributed by atoms with van der Waals surface area (Å²) >= 11 is 0. The summed E-state index contributed by atoms with van der Waals surface area (Å²) in [4.78, 5) is 4.29. The van der Waals surface area contributed by atoms with E-state index in [1.54, 1.807) is 24.6 Å². The van der Waals surface area contributed by atoms with Crippen LogP contribution in [0.1, 0.15) is 25.8 Å². The van der Waals surface area contributed by atoms with Crippen molar-refractivity contribution in [3.8, 4) is 11.6 Å². The van der Waals surface area contributed by atoms with Crippen molar-refractivity contribution in [3.05, 3.63) is 42.7 Å². The van der Waals surface area contributed by atoms with Gasteiger partial charge in [0.2, 0.25) is 11.7 Å². The van der Waals surface area contributed by atoms with Gasteiger partial charge in [-0.15, -0.1) is 0 Å². The van der Waals surface area contributed by atoms with Crippen molar-refractivity contribution in [1.82, 2.24) is 25.2 Å². The van der Waals surface area contributed by atoms with E-state index in [0.717, 1.165) is 0 Å². The summed E-state index contributed by atoms with van der Waals surface area (Å²) in [5.74, 6) is 1.59. The zero-order valence-electron chi connectivity index (χ0n) is 11.9. The molecular weight excluding hydrogens is 270 g/mol. The van der Waals surface area contributed by atoms with Crippen LogP contribution in [0.3, 0.4) is 0 Å². The summed E-state index contributed by atoms with van der Waals surface area (Å²) in [5, 5.41) is 11.5. The second-order valence-corrected chi connectivity index (χ2v) is 4.89. The summed E-state index contributed by atoms with van der Waals surface area (Å²) in [7, 11) is 0. The molecule has 3 rings (SSSR count). The van der Waals surface area contributed by atoms with Crippen LogP contribution in [0.5, 0.6) is 0 Å². The molecule has 21 heavy (non-hydrogen) atoms. The third-order valence-corrected chi connectivity index (χ3v) is 3.45. The lowest BCUT2D eigenvalue weighted by atomic mass is 10.2. The number of rotatable bonds is 6. The lowest BCUT2D eigenvalue weighted by molar-refractivity contribution is 0.325. The Morgan fingerprint density at radius 3 is 2.95 bits per heavy atom. The fourth-order valence-electron chi connectivity index (χ4n) is 2.00. The molecule has 0 amide bonds. The van der Waals surface area contributed by atoms with E-state index in [0.29, 0.717) is 24.0 Å². The third kappa shape index (κ3) is 3.03. The van der Waals surface area contributed by atoms with Gasteiger partial charge in [0.05, 0.1) is 18.8 Å². The SMILES string of the molecule is C[C@H]([C@@H](C)NCc1nc(-c2ccco2)no1)n1cccn1. The van der Waals surface area contributed by atoms with Gasteiger partial charge in [-0.1, -0.05) is 5.16 Å². The van der Waals surface area contributed by atoms with Crippen LogP contribution >= 0.6 is 0 Å². The fraction of sp³-hybridized carbons (Fsp3) is 0.357. The zero-order chi connectivity index (χ0) is 14.7. The zero-order valence-corrected chi connectivity index (χ0v) is 11.9. The first-order valence-corrected chi connectivity index (χ1v) is 6.83. The molecule has 1 N–H and O–H groups in total. The van der Waals surface area contributed by atoms with E-state index < -0.39 is 0 Å². The first-order chi connectivity index (χ1) is 10.2. The van der Waals surface area contributed by atoms with E-state index in [-0.39, 0.29) is 12.1 Å². The lowest BCUT2D eigenvalue weighted by Gasteiger charge is -2.20. The highest BCUT2D eigenvalue weighted by Crippen LogP contribution is 2.16. The number of hydrogen-bond donors (Lipinski definition) is 1. The van der Waals surface area contributed by atoms with Crippen molar-refractivity contribution < 1.29 is 8.94 Å². The van der Waals surface area contributed by atoms with Crippen molar-refractivity contribution >= 4 is 0 Å². The highest BCUT2D eigenvalue weighted by molar-refractivity contribution is 5.44. The van der Waals surface area contributed by atoms with Crippen LogP contribution in [-0.4, -0.2) is 26.0 Å². The summed E-state index contributed by atoms with van der Waals surface area (Å²) < 4.78 is 12.3. The molecular formula is C14H17N5O2. The predicted octanol–water partition coefficient (Wildman–Crippen LogP) is 2.27. The van der Waals surface area contributed by atoms with E-state index in [1.807, 2.05) is 16.9 Å². The van der Waals surface area contributed by atoms with Crippen LogP contribution in [0.15, 0.2) is 45.8 Å². The van der Waals surface area contributed by atoms with E-state index in [2.05, 4.69) is 34.4 Å². The molecule has 0 saturated carbocycles. The summed E-state index contributed by atoms with van der Waals surface area (Å²) in [5.41, 5.74) is 0. The Hall–Kier alpha value is -2.41. The topological polar surface area (TPSA) is 81.9 Å². The molecule has 0 aliphatic rings. The minimum Gasteiger partial charge on any atom is -0.461 e. The molecule has 0 aliphatic carbocycles. The van der Waals surface area contributed by atoms with Crippen LogP contribution in [0, 0.1) is 0 Å². The predicted molar refractivity (Wildman–Crippen MR) is 75.2 cm³/mol. The molecule has 0 fully saturated rings. The van der Waals surface area contributed by atoms with Crippen molar-refractivity contribution in [2.75, 3.05) is 0 Å². The maximum atomic E-state index is 5.23. The Bertz CT molecular complexity index is 659. The second-order valence-electron chi connectivity index (χ2n) is 4.89. The average molecular weight is 287 g/mol. The Labute approximate surface area is 122 Å². The van der Waals surface area contributed by atoms with Gasteiger partial charge >= 0.3 is 0 Å². The second kappa shape index (κ2) is 5.92. The molecule has 2 atom stereocenters. The average Bonchev–Trinajstić information content (AvgIpc) is 3.25. The van der Waals surface area contributed by atoms with Gasteiger partial charge in [-0.3, -0.25) is 4.68 Å². The number of nitrogens with zero attached hydrogens (tertiary/aromatic N) is 4. The molecule has 0 unspecified atom stereocenters. The number of hydrogen-bond acceptors (Lipinski definition) is 6. The minimum atomic E-state index is 0.212. The standard InChI is InChI=1S/C14H17N5O2/c1-10(11(2)19-7-4-6-16-19)15-9-13-17-14(18-21-13)12-5-3-8-20-12/h3-8,10-11,15H,9H2,1-2H3/t10-,11-/m1/s1. The quantitative estimate of drug-likeness (QED) is 0.749. The van der Waals surface area contributed by atoms with Crippen LogP contribution in [0.2, 0.25) is 0 Å². The van der Waals surface area contributed by atoms with Crippen molar-refractivity contribution in [2.24, 2.45) is 0 Å². The highest BCUT2D eigenvalue weighted by atomic mass is 16.5. The molecule has 0 radical (unpaired) electrons. The first-order valence-electron chi connectivity index (χ1n) is 6.83. The van der Waals surface area contributed by atoms with Gasteiger partial charge in [0.25, 0.3) is 0 Å². The highest BCUT2D eigenvalue weighted by Gasteiger charge is 2.16. The number of furan rings is 1. The Kier molecular flexibility index (Phi) is 3.83. The van der Waals surface area contributed by atoms with Crippen molar-refractivity contribution in [1.29, 1.82) is 0 Å². The van der Waals surface area contributed by atoms with Crippen molar-refractivity contribution in [2.45, 2.75) is 32.5 Å². The van der Waals surface area contributed by atoms with Crippen LogP contribution in [0.25, 0.3) is 11.6 Å². The molecule has 0 bridgehead atoms. The Morgan fingerprint density at radius 2 is 2.24 bits per heavy atom. The third-order valence-electron chi connectivity index (χ3n) is 3.45. The maximum Gasteiger partial charge on any atom is 0.241 e. The fourth-order valence-corrected chi connectivity index (χ4v) is 2.00. The smallest absolute Gasteiger partial charge is 0.241 e. The van der Waals surface area contributed by atoms with Gasteiger partial charge in [0, 0.05) is 18.4 Å². The first kappa shape index (κ1) is 13.6. The van der Waals surface area contributed by atoms with Crippen LogP contribution in [-0.2, 0) is 6.54 Å². The Morgan fingerprint density at radius 1 is 1.33 bits per heavy atom. The molecule has 3 aromatic heterocycles. The molecule has 0 spiro atoms. The minimum absolute atomic E-state index is 0.212. The number of nitrogens with one attached hydrogen (secondary N) is 1. The van der Waals surface area contributed by atoms with E-state index >= 15 is 0 Å². The van der Waals surface area contributed by atoms with Crippen LogP contribution in [0.4, 0.5) is 0 Å². The molecule has 0 saturated heterocycles. The summed E-state index contributed by atoms with van der Waals surface area (Å²) in [6, 6.07) is 5.94. The van der Waals surface area contributed by atoms with E-state index in [9.17, 15) is 0 Å². The van der Waals surface area contributed by atoms with Gasteiger partial charge in [0.15, 0.2) is 5.76 Å². The monoisotopic (exact) mass is 287 g/mol. The lowest BCUT2D eigenvalue weighted by Crippen LogP contribution is -2.33. The molecule has 110 valence electrons. The number of aromatic nitrogens is 4. The summed E-state index contributed by atoms with van der Waals surface area (Å²) in [6.45, 7) is 4.70. The molecule has 7 heteroatoms. The van der Waals surface area contributed by atoms with Gasteiger partial charge in [0.1, 0.15) is 0 Å². The van der Waals surface area contributed by atoms with Gasteiger partial charge in [-0.05, 0) is 32.0 Å². The van der Waals surface area contributed by atoms with Crippen LogP contribution < -0.4 is 5.32 Å².